The highest BCUT2D eigenvalue weighted by atomic mass is 19.3. The fourth-order valence-corrected chi connectivity index (χ4v) is 3.47. The molecule has 0 aromatic carbocycles. The molecule has 2 aromatic rings. The third-order valence-corrected chi connectivity index (χ3v) is 4.32. The number of halogens is 2. The molecular weight excluding hydrogens is 304 g/mol. The maximum atomic E-state index is 13.8. The van der Waals surface area contributed by atoms with Gasteiger partial charge in [-0.2, -0.15) is 0 Å². The Morgan fingerprint density at radius 3 is 2.83 bits per heavy atom. The topological polar surface area (TPSA) is 88.8 Å². The third kappa shape index (κ3) is 2.95. The van der Waals surface area contributed by atoms with Gasteiger partial charge in [-0.05, 0) is 18.4 Å². The number of alkyl halides is 2. The van der Waals surface area contributed by atoms with Crippen LogP contribution in [0.4, 0.5) is 8.78 Å². The Bertz CT molecular complexity index is 832. The summed E-state index contributed by atoms with van der Waals surface area (Å²) in [6, 6.07) is 2.83. The number of fused-ring (bicyclic) bond motifs is 1. The van der Waals surface area contributed by atoms with Gasteiger partial charge in [0.25, 0.3) is 5.91 Å². The molecule has 0 radical (unpaired) electrons. The van der Waals surface area contributed by atoms with Crippen molar-refractivity contribution in [3.63, 3.8) is 0 Å². The molecule has 1 amide bonds. The first-order valence-electron chi connectivity index (χ1n) is 7.46. The number of aromatic amines is 1. The van der Waals surface area contributed by atoms with Crippen molar-refractivity contribution in [3.8, 4) is 0 Å². The van der Waals surface area contributed by atoms with Gasteiger partial charge in [-0.1, -0.05) is 6.92 Å². The third-order valence-electron chi connectivity index (χ3n) is 4.32. The second-order valence-corrected chi connectivity index (χ2v) is 6.34. The Morgan fingerprint density at radius 1 is 1.43 bits per heavy atom. The van der Waals surface area contributed by atoms with Crippen LogP contribution in [0.1, 0.15) is 48.3 Å². The lowest BCUT2D eigenvalue weighted by Gasteiger charge is -2.33. The number of pyridine rings is 2. The molecule has 5 nitrogen and oxygen atoms in total. The van der Waals surface area contributed by atoms with Crippen LogP contribution in [0.3, 0.4) is 0 Å². The average Bonchev–Trinajstić information content (AvgIpc) is 2.44. The van der Waals surface area contributed by atoms with Crippen LogP contribution in [0.15, 0.2) is 23.1 Å². The molecule has 3 rings (SSSR count). The Kier molecular flexibility index (Phi) is 3.66. The van der Waals surface area contributed by atoms with Gasteiger partial charge in [0.05, 0.1) is 10.9 Å². The molecule has 2 aromatic heterocycles. The largest absolute Gasteiger partial charge is 0.364 e. The van der Waals surface area contributed by atoms with Crippen molar-refractivity contribution in [2.75, 3.05) is 0 Å². The van der Waals surface area contributed by atoms with E-state index in [-0.39, 0.29) is 29.8 Å². The second kappa shape index (κ2) is 5.40. The first kappa shape index (κ1) is 15.6. The van der Waals surface area contributed by atoms with Gasteiger partial charge in [-0.15, -0.1) is 0 Å². The number of nitrogens with one attached hydrogen (secondary N) is 1. The van der Waals surface area contributed by atoms with Crippen LogP contribution in [0, 0.1) is 5.92 Å². The summed E-state index contributed by atoms with van der Waals surface area (Å²) in [5.41, 5.74) is 5.54. The fourth-order valence-electron chi connectivity index (χ4n) is 3.47. The number of carbonyl (C=O) groups excluding carboxylic acids is 1. The average molecular weight is 321 g/mol. The Hall–Kier alpha value is -2.31. The lowest BCUT2D eigenvalue weighted by Crippen LogP contribution is -2.30. The molecule has 0 aliphatic heterocycles. The number of rotatable bonds is 2. The number of hydrogen-bond donors (Lipinski definition) is 2. The number of carbonyl (C=O) groups is 1. The van der Waals surface area contributed by atoms with Crippen LogP contribution in [0.25, 0.3) is 10.9 Å². The van der Waals surface area contributed by atoms with Gasteiger partial charge < -0.3 is 10.7 Å². The van der Waals surface area contributed by atoms with Crippen LogP contribution >= 0.6 is 0 Å². The lowest BCUT2D eigenvalue weighted by molar-refractivity contribution is -0.0574. The van der Waals surface area contributed by atoms with Crippen molar-refractivity contribution in [2.24, 2.45) is 11.7 Å². The van der Waals surface area contributed by atoms with E-state index in [1.807, 2.05) is 0 Å². The van der Waals surface area contributed by atoms with Crippen LogP contribution in [0.2, 0.25) is 0 Å². The van der Waals surface area contributed by atoms with Gasteiger partial charge >= 0.3 is 0 Å². The van der Waals surface area contributed by atoms with Gasteiger partial charge in [0.1, 0.15) is 5.69 Å². The highest BCUT2D eigenvalue weighted by Gasteiger charge is 2.40. The van der Waals surface area contributed by atoms with E-state index in [4.69, 9.17) is 5.73 Å². The molecule has 2 unspecified atom stereocenters. The molecule has 0 saturated heterocycles. The highest BCUT2D eigenvalue weighted by molar-refractivity contribution is 6.03. The molecule has 1 aliphatic rings. The number of primary amides is 1. The van der Waals surface area contributed by atoms with Crippen molar-refractivity contribution in [2.45, 2.75) is 38.0 Å². The molecule has 23 heavy (non-hydrogen) atoms. The molecular formula is C16H17F2N3O2. The summed E-state index contributed by atoms with van der Waals surface area (Å²) in [6.45, 7) is 1.79. The van der Waals surface area contributed by atoms with E-state index in [0.717, 1.165) is 0 Å². The van der Waals surface area contributed by atoms with Gasteiger partial charge in [0, 0.05) is 36.7 Å². The summed E-state index contributed by atoms with van der Waals surface area (Å²) in [6.07, 6.45) is 1.54. The Labute approximate surface area is 130 Å². The summed E-state index contributed by atoms with van der Waals surface area (Å²) >= 11 is 0. The summed E-state index contributed by atoms with van der Waals surface area (Å²) in [5, 5.41) is 0.0966. The van der Waals surface area contributed by atoms with E-state index in [2.05, 4.69) is 9.97 Å². The maximum absolute atomic E-state index is 13.8. The molecule has 122 valence electrons. The number of aromatic nitrogens is 2. The highest BCUT2D eigenvalue weighted by Crippen LogP contribution is 2.43. The maximum Gasteiger partial charge on any atom is 0.268 e. The minimum atomic E-state index is -2.73. The zero-order chi connectivity index (χ0) is 16.8. The predicted octanol–water partition coefficient (Wildman–Crippen LogP) is 2.56. The van der Waals surface area contributed by atoms with Crippen LogP contribution in [-0.4, -0.2) is 21.8 Å². The SMILES string of the molecule is CC1CC(c2cc(=O)c3c(C(N)=O)nccc3[nH]2)CC(F)(F)C1. The zero-order valence-electron chi connectivity index (χ0n) is 12.6. The van der Waals surface area contributed by atoms with E-state index in [1.165, 1.54) is 18.3 Å². The summed E-state index contributed by atoms with van der Waals surface area (Å²) in [4.78, 5) is 30.6. The van der Waals surface area contributed by atoms with E-state index in [1.54, 1.807) is 6.92 Å². The predicted molar refractivity (Wildman–Crippen MR) is 81.6 cm³/mol. The monoisotopic (exact) mass is 321 g/mol. The van der Waals surface area contributed by atoms with E-state index >= 15 is 0 Å². The summed E-state index contributed by atoms with van der Waals surface area (Å²) < 4.78 is 27.6. The molecule has 2 atom stereocenters. The lowest BCUT2D eigenvalue weighted by atomic mass is 9.78. The van der Waals surface area contributed by atoms with Gasteiger partial charge in [-0.25, -0.2) is 8.78 Å². The first-order chi connectivity index (χ1) is 10.8. The molecule has 1 saturated carbocycles. The van der Waals surface area contributed by atoms with Crippen molar-refractivity contribution < 1.29 is 13.6 Å². The van der Waals surface area contributed by atoms with Crippen molar-refractivity contribution in [3.05, 3.63) is 39.9 Å². The van der Waals surface area contributed by atoms with Crippen LogP contribution in [-0.2, 0) is 0 Å². The number of nitrogens with two attached hydrogens (primary N) is 1. The number of H-pyrrole nitrogens is 1. The smallest absolute Gasteiger partial charge is 0.268 e. The molecule has 0 spiro atoms. The molecule has 2 heterocycles. The van der Waals surface area contributed by atoms with Gasteiger partial charge in [0.15, 0.2) is 5.43 Å². The summed E-state index contributed by atoms with van der Waals surface area (Å²) in [7, 11) is 0. The van der Waals surface area contributed by atoms with Crippen LogP contribution in [0.5, 0.6) is 0 Å². The molecule has 1 aliphatic carbocycles. The van der Waals surface area contributed by atoms with Gasteiger partial charge in [-0.3, -0.25) is 14.6 Å². The Morgan fingerprint density at radius 2 is 2.17 bits per heavy atom. The number of amides is 1. The molecule has 1 fully saturated rings. The number of hydrogen-bond acceptors (Lipinski definition) is 3. The van der Waals surface area contributed by atoms with Crippen molar-refractivity contribution in [1.82, 2.24) is 9.97 Å². The Balaban J connectivity index is 2.10. The number of nitrogens with zero attached hydrogens (tertiary/aromatic N) is 1. The molecule has 7 heteroatoms. The van der Waals surface area contributed by atoms with E-state index in [0.29, 0.717) is 17.6 Å². The minimum Gasteiger partial charge on any atom is -0.364 e. The van der Waals surface area contributed by atoms with E-state index < -0.39 is 23.2 Å². The first-order valence-corrected chi connectivity index (χ1v) is 7.46. The minimum absolute atomic E-state index is 0.0966. The standard InChI is InChI=1S/C16H17F2N3O2/c1-8-4-9(7-16(17,18)6-8)11-5-12(22)13-10(21-11)2-3-20-14(13)15(19)23/h2-3,5,8-9H,4,6-7H2,1H3,(H2,19,23)(H,21,22). The quantitative estimate of drug-likeness (QED) is 0.891. The summed E-state index contributed by atoms with van der Waals surface area (Å²) in [5.74, 6) is -4.07. The van der Waals surface area contributed by atoms with E-state index in [9.17, 15) is 18.4 Å². The molecule has 0 bridgehead atoms. The molecule has 3 N–H and O–H groups in total. The van der Waals surface area contributed by atoms with Crippen LogP contribution < -0.4 is 11.2 Å². The zero-order valence-corrected chi connectivity index (χ0v) is 12.6. The fraction of sp³-hybridized carbons (Fsp3) is 0.438. The normalized spacial score (nSPS) is 23.8. The second-order valence-electron chi connectivity index (χ2n) is 6.34. The van der Waals surface area contributed by atoms with Crippen molar-refractivity contribution >= 4 is 16.8 Å². The van der Waals surface area contributed by atoms with Crippen molar-refractivity contribution in [1.29, 1.82) is 0 Å². The van der Waals surface area contributed by atoms with Gasteiger partial charge in [0.2, 0.25) is 5.92 Å².